The third-order valence-corrected chi connectivity index (χ3v) is 6.21. The van der Waals surface area contributed by atoms with E-state index < -0.39 is 22.0 Å². The maximum absolute atomic E-state index is 12.8. The molecule has 0 aliphatic heterocycles. The Bertz CT molecular complexity index is 804. The van der Waals surface area contributed by atoms with Crippen LogP contribution in [0.2, 0.25) is 0 Å². The van der Waals surface area contributed by atoms with Crippen molar-refractivity contribution in [2.45, 2.75) is 24.1 Å². The van der Waals surface area contributed by atoms with E-state index in [4.69, 9.17) is 9.47 Å². The van der Waals surface area contributed by atoms with E-state index in [0.29, 0.717) is 5.75 Å². The van der Waals surface area contributed by atoms with E-state index in [1.165, 1.54) is 30.3 Å². The fourth-order valence-electron chi connectivity index (χ4n) is 2.02. The highest BCUT2D eigenvalue weighted by atomic mass is 32.2. The molecule has 2 rings (SSSR count). The number of carbonyl (C=O) groups excluding carboxylic acids is 1. The van der Waals surface area contributed by atoms with E-state index in [-0.39, 0.29) is 29.2 Å². The molecule has 9 heteroatoms. The van der Waals surface area contributed by atoms with Crippen molar-refractivity contribution in [1.29, 1.82) is 0 Å². The van der Waals surface area contributed by atoms with Crippen molar-refractivity contribution >= 4 is 27.3 Å². The summed E-state index contributed by atoms with van der Waals surface area (Å²) in [6, 6.07) is 7.52. The Morgan fingerprint density at radius 2 is 1.88 bits per heavy atom. The van der Waals surface area contributed by atoms with Crippen LogP contribution in [0.5, 0.6) is 5.75 Å². The quantitative estimate of drug-likeness (QED) is 0.516. The predicted octanol–water partition coefficient (Wildman–Crippen LogP) is 2.81. The number of hydrogen-bond donors (Lipinski definition) is 1. The Morgan fingerprint density at radius 3 is 2.46 bits per heavy atom. The van der Waals surface area contributed by atoms with Gasteiger partial charge in [-0.2, -0.15) is 4.72 Å². The molecule has 1 aromatic heterocycles. The molecule has 2 aromatic rings. The van der Waals surface area contributed by atoms with Crippen molar-refractivity contribution < 1.29 is 27.1 Å². The second kappa shape index (κ2) is 9.11. The van der Waals surface area contributed by atoms with E-state index in [1.807, 2.05) is 0 Å². The zero-order valence-electron chi connectivity index (χ0n) is 14.3. The summed E-state index contributed by atoms with van der Waals surface area (Å²) >= 11 is 1.07. The van der Waals surface area contributed by atoms with Crippen molar-refractivity contribution in [3.05, 3.63) is 47.6 Å². The predicted molar refractivity (Wildman–Crippen MR) is 96.1 cm³/mol. The lowest BCUT2D eigenvalue weighted by Crippen LogP contribution is -2.45. The molecule has 26 heavy (non-hydrogen) atoms. The molecule has 0 radical (unpaired) electrons. The smallest absolute Gasteiger partial charge is 0.324 e. The molecule has 0 unspecified atom stereocenters. The van der Waals surface area contributed by atoms with Crippen molar-refractivity contribution in [2.75, 3.05) is 13.2 Å². The molecule has 0 fully saturated rings. The molecule has 0 aliphatic rings. The Morgan fingerprint density at radius 1 is 1.19 bits per heavy atom. The zero-order valence-corrected chi connectivity index (χ0v) is 16.0. The standard InChI is InChI=1S/C17H20FNO5S2/c1-12(2)16(19-26(21,22)15-4-3-11-25-15)17(20)24-10-9-23-14-7-5-13(18)6-8-14/h3-8,11-12,16,19H,9-10H2,1-2H3/t16-/m1/s1. The number of rotatable bonds is 9. The summed E-state index contributed by atoms with van der Waals surface area (Å²) in [6.07, 6.45) is 0. The largest absolute Gasteiger partial charge is 0.490 e. The molecular weight excluding hydrogens is 381 g/mol. The number of halogens is 1. The first kappa shape index (κ1) is 20.3. The molecule has 0 spiro atoms. The maximum Gasteiger partial charge on any atom is 0.324 e. The van der Waals surface area contributed by atoms with Gasteiger partial charge in [0.05, 0.1) is 0 Å². The Balaban J connectivity index is 1.87. The molecule has 0 saturated carbocycles. The average Bonchev–Trinajstić information content (AvgIpc) is 3.13. The molecule has 1 heterocycles. The van der Waals surface area contributed by atoms with Crippen LogP contribution in [0.25, 0.3) is 0 Å². The topological polar surface area (TPSA) is 81.7 Å². The van der Waals surface area contributed by atoms with Crippen molar-refractivity contribution in [3.63, 3.8) is 0 Å². The Kier molecular flexibility index (Phi) is 7.13. The SMILES string of the molecule is CC(C)[C@@H](NS(=O)(=O)c1cccs1)C(=O)OCCOc1ccc(F)cc1. The van der Waals surface area contributed by atoms with E-state index in [1.54, 1.807) is 25.3 Å². The van der Waals surface area contributed by atoms with Gasteiger partial charge in [0, 0.05) is 0 Å². The van der Waals surface area contributed by atoms with Crippen LogP contribution < -0.4 is 9.46 Å². The van der Waals surface area contributed by atoms with E-state index in [9.17, 15) is 17.6 Å². The van der Waals surface area contributed by atoms with E-state index in [2.05, 4.69) is 4.72 Å². The molecule has 0 aliphatic carbocycles. The van der Waals surface area contributed by atoms with Gasteiger partial charge in [0.2, 0.25) is 0 Å². The van der Waals surface area contributed by atoms with Crippen molar-refractivity contribution in [3.8, 4) is 5.75 Å². The summed E-state index contributed by atoms with van der Waals surface area (Å²) in [5, 5.41) is 1.64. The molecule has 0 saturated heterocycles. The number of hydrogen-bond acceptors (Lipinski definition) is 6. The summed E-state index contributed by atoms with van der Waals surface area (Å²) in [4.78, 5) is 12.2. The summed E-state index contributed by atoms with van der Waals surface area (Å²) in [6.45, 7) is 3.45. The normalized spacial score (nSPS) is 12.8. The minimum absolute atomic E-state index is 0.0554. The van der Waals surface area contributed by atoms with Crippen LogP contribution in [0.15, 0.2) is 46.0 Å². The highest BCUT2D eigenvalue weighted by Crippen LogP contribution is 2.17. The first-order valence-corrected chi connectivity index (χ1v) is 10.3. The van der Waals surface area contributed by atoms with Crippen LogP contribution in [0.3, 0.4) is 0 Å². The molecular formula is C17H20FNO5S2. The van der Waals surface area contributed by atoms with Gasteiger partial charge in [0.25, 0.3) is 10.0 Å². The van der Waals surface area contributed by atoms with Gasteiger partial charge in [0.15, 0.2) is 0 Å². The number of sulfonamides is 1. The molecule has 142 valence electrons. The van der Waals surface area contributed by atoms with E-state index >= 15 is 0 Å². The van der Waals surface area contributed by atoms with Crippen LogP contribution in [0.1, 0.15) is 13.8 Å². The first-order chi connectivity index (χ1) is 12.3. The molecule has 1 N–H and O–H groups in total. The lowest BCUT2D eigenvalue weighted by atomic mass is 10.1. The number of benzene rings is 1. The summed E-state index contributed by atoms with van der Waals surface area (Å²) in [5.41, 5.74) is 0. The van der Waals surface area contributed by atoms with Gasteiger partial charge in [0.1, 0.15) is 35.0 Å². The second-order valence-corrected chi connectivity index (χ2v) is 8.63. The van der Waals surface area contributed by atoms with Gasteiger partial charge in [-0.25, -0.2) is 12.8 Å². The monoisotopic (exact) mass is 401 g/mol. The van der Waals surface area contributed by atoms with Gasteiger partial charge >= 0.3 is 5.97 Å². The van der Waals surface area contributed by atoms with Crippen LogP contribution in [-0.4, -0.2) is 33.6 Å². The first-order valence-electron chi connectivity index (χ1n) is 7.90. The second-order valence-electron chi connectivity index (χ2n) is 5.74. The molecule has 0 bridgehead atoms. The van der Waals surface area contributed by atoms with Crippen LogP contribution in [0.4, 0.5) is 4.39 Å². The third-order valence-electron chi connectivity index (χ3n) is 3.37. The molecule has 6 nitrogen and oxygen atoms in total. The Hall–Kier alpha value is -1.97. The number of nitrogens with one attached hydrogen (secondary N) is 1. The van der Waals surface area contributed by atoms with Gasteiger partial charge in [-0.15, -0.1) is 11.3 Å². The van der Waals surface area contributed by atoms with Crippen LogP contribution in [0, 0.1) is 11.7 Å². The molecule has 1 atom stereocenters. The van der Waals surface area contributed by atoms with Gasteiger partial charge in [-0.3, -0.25) is 4.79 Å². The lowest BCUT2D eigenvalue weighted by Gasteiger charge is -2.20. The van der Waals surface area contributed by atoms with Crippen molar-refractivity contribution in [1.82, 2.24) is 4.72 Å². The summed E-state index contributed by atoms with van der Waals surface area (Å²) in [7, 11) is -3.78. The van der Waals surface area contributed by atoms with Gasteiger partial charge in [-0.05, 0) is 41.6 Å². The van der Waals surface area contributed by atoms with Gasteiger partial charge < -0.3 is 9.47 Å². The average molecular weight is 401 g/mol. The van der Waals surface area contributed by atoms with Crippen LogP contribution in [-0.2, 0) is 19.6 Å². The summed E-state index contributed by atoms with van der Waals surface area (Å²) < 4.78 is 50.3. The number of carbonyl (C=O) groups is 1. The lowest BCUT2D eigenvalue weighted by molar-refractivity contribution is -0.147. The maximum atomic E-state index is 12.8. The highest BCUT2D eigenvalue weighted by Gasteiger charge is 2.30. The van der Waals surface area contributed by atoms with Crippen molar-refractivity contribution in [2.24, 2.45) is 5.92 Å². The number of ether oxygens (including phenoxy) is 2. The number of thiophene rings is 1. The minimum Gasteiger partial charge on any atom is -0.490 e. The summed E-state index contributed by atoms with van der Waals surface area (Å²) in [5.74, 6) is -0.902. The van der Waals surface area contributed by atoms with Crippen LogP contribution >= 0.6 is 11.3 Å². The highest BCUT2D eigenvalue weighted by molar-refractivity contribution is 7.91. The molecule has 1 aromatic carbocycles. The third kappa shape index (κ3) is 5.79. The molecule has 0 amide bonds. The van der Waals surface area contributed by atoms with E-state index in [0.717, 1.165) is 11.3 Å². The fraction of sp³-hybridized carbons (Fsp3) is 0.353. The number of esters is 1. The zero-order chi connectivity index (χ0) is 19.2. The fourth-order valence-corrected chi connectivity index (χ4v) is 4.36. The Labute approximate surface area is 156 Å². The minimum atomic E-state index is -3.78. The van der Waals surface area contributed by atoms with Gasteiger partial charge in [-0.1, -0.05) is 19.9 Å².